The molecule has 42 heavy (non-hydrogen) atoms. The molecule has 0 aliphatic rings. The first-order valence-electron chi connectivity index (χ1n) is 12.1. The summed E-state index contributed by atoms with van der Waals surface area (Å²) in [7, 11) is 0. The molecule has 0 saturated carbocycles. The van der Waals surface area contributed by atoms with Gasteiger partial charge in [0.25, 0.3) is 11.4 Å². The van der Waals surface area contributed by atoms with Crippen molar-refractivity contribution in [2.45, 2.75) is 26.1 Å². The number of ether oxygens (including phenoxy) is 2. The summed E-state index contributed by atoms with van der Waals surface area (Å²) in [6.45, 7) is 3.11. The van der Waals surface area contributed by atoms with Gasteiger partial charge in [-0.15, -0.1) is 0 Å². The molecule has 0 bridgehead atoms. The topological polar surface area (TPSA) is 199 Å². The van der Waals surface area contributed by atoms with Gasteiger partial charge >= 0.3 is 23.2 Å². The molecule has 0 unspecified atom stereocenters. The Labute approximate surface area is 236 Å². The summed E-state index contributed by atoms with van der Waals surface area (Å²) in [5, 5.41) is 21.0. The van der Waals surface area contributed by atoms with Crippen molar-refractivity contribution in [3.63, 3.8) is 0 Å². The number of nitro groups is 2. The molecule has 14 heteroatoms. The quantitative estimate of drug-likeness (QED) is 0.155. The van der Waals surface area contributed by atoms with Crippen molar-refractivity contribution in [1.82, 2.24) is 0 Å². The Hall–Kier alpha value is -5.92. The van der Waals surface area contributed by atoms with Crippen LogP contribution >= 0.6 is 0 Å². The van der Waals surface area contributed by atoms with Gasteiger partial charge in [-0.25, -0.2) is 19.2 Å². The Morgan fingerprint density at radius 3 is 1.24 bits per heavy atom. The maximum atomic E-state index is 11.9. The van der Waals surface area contributed by atoms with Crippen LogP contribution in [0.2, 0.25) is 0 Å². The summed E-state index contributed by atoms with van der Waals surface area (Å²) in [5.41, 5.74) is -0.963. The fraction of sp³-hybridized carbons (Fsp3) is 0.143. The van der Waals surface area contributed by atoms with Crippen LogP contribution in [0.15, 0.2) is 103 Å². The van der Waals surface area contributed by atoms with Gasteiger partial charge in [-0.3, -0.25) is 20.2 Å². The lowest BCUT2D eigenvalue weighted by atomic mass is 10.2. The fourth-order valence-electron chi connectivity index (χ4n) is 3.26. The van der Waals surface area contributed by atoms with Gasteiger partial charge in [0.2, 0.25) is 0 Å². The van der Waals surface area contributed by atoms with Gasteiger partial charge in [0, 0.05) is 36.4 Å². The van der Waals surface area contributed by atoms with Crippen LogP contribution < -0.4 is 11.3 Å². The van der Waals surface area contributed by atoms with E-state index in [-0.39, 0.29) is 34.0 Å². The molecule has 2 heterocycles. The van der Waals surface area contributed by atoms with E-state index in [0.717, 1.165) is 0 Å². The molecule has 0 saturated heterocycles. The van der Waals surface area contributed by atoms with Crippen molar-refractivity contribution in [2.24, 2.45) is 0 Å². The van der Waals surface area contributed by atoms with Gasteiger partial charge < -0.3 is 18.3 Å². The highest BCUT2D eigenvalue weighted by Crippen LogP contribution is 2.20. The van der Waals surface area contributed by atoms with E-state index in [2.05, 4.69) is 0 Å². The summed E-state index contributed by atoms with van der Waals surface area (Å²) < 4.78 is 20.1. The lowest BCUT2D eigenvalue weighted by Crippen LogP contribution is -2.11. The van der Waals surface area contributed by atoms with Gasteiger partial charge in [-0.05, 0) is 50.2 Å². The maximum absolute atomic E-state index is 11.9. The Morgan fingerprint density at radius 2 is 0.952 bits per heavy atom. The van der Waals surface area contributed by atoms with Crippen molar-refractivity contribution in [2.75, 3.05) is 0 Å². The van der Waals surface area contributed by atoms with Crippen LogP contribution in [-0.2, 0) is 9.47 Å². The zero-order chi connectivity index (χ0) is 30.8. The first-order chi connectivity index (χ1) is 19.9. The van der Waals surface area contributed by atoms with E-state index in [1.54, 1.807) is 13.8 Å². The zero-order valence-electron chi connectivity index (χ0n) is 22.0. The van der Waals surface area contributed by atoms with E-state index in [9.17, 15) is 39.4 Å². The van der Waals surface area contributed by atoms with E-state index in [0.29, 0.717) is 0 Å². The largest absolute Gasteiger partial charge is 0.451 e. The highest BCUT2D eigenvalue weighted by molar-refractivity contribution is 5.90. The number of esters is 2. The second-order valence-electron chi connectivity index (χ2n) is 8.40. The minimum atomic E-state index is -0.749. The highest BCUT2D eigenvalue weighted by atomic mass is 16.6. The summed E-state index contributed by atoms with van der Waals surface area (Å²) in [6, 6.07) is 18.6. The average molecular weight is 578 g/mol. The lowest BCUT2D eigenvalue weighted by molar-refractivity contribution is -0.385. The van der Waals surface area contributed by atoms with Gasteiger partial charge in [0.05, 0.1) is 21.0 Å². The molecule has 14 nitrogen and oxygen atoms in total. The van der Waals surface area contributed by atoms with E-state index in [4.69, 9.17) is 18.3 Å². The normalized spacial score (nSPS) is 11.7. The summed E-state index contributed by atoms with van der Waals surface area (Å²) in [5.74, 6) is -0.886. The molecule has 4 rings (SSSR count). The van der Waals surface area contributed by atoms with Crippen molar-refractivity contribution in [3.8, 4) is 0 Å². The molecule has 0 fully saturated rings. The summed E-state index contributed by atoms with van der Waals surface area (Å²) in [6.07, 6.45) is -1.50. The standard InChI is InChI=1S/2C14H11NO6/c2*1-9(12-3-2-4-13(16)21-12)20-14(17)10-5-7-11(8-6-10)15(18)19/h2*2-9H,1H3/t2*9-/m00/s1. The third-order valence-corrected chi connectivity index (χ3v) is 5.42. The van der Waals surface area contributed by atoms with Crippen LogP contribution in [0.3, 0.4) is 0 Å². The molecule has 0 amide bonds. The number of hydrogen-bond acceptors (Lipinski definition) is 12. The number of nitrogens with zero attached hydrogens (tertiary/aromatic N) is 2. The number of benzene rings is 2. The van der Waals surface area contributed by atoms with E-state index < -0.39 is 45.2 Å². The third-order valence-electron chi connectivity index (χ3n) is 5.42. The molecule has 0 spiro atoms. The fourth-order valence-corrected chi connectivity index (χ4v) is 3.26. The molecule has 0 aliphatic carbocycles. The lowest BCUT2D eigenvalue weighted by Gasteiger charge is -2.11. The van der Waals surface area contributed by atoms with E-state index in [1.165, 1.54) is 84.9 Å². The second kappa shape index (κ2) is 13.9. The van der Waals surface area contributed by atoms with E-state index >= 15 is 0 Å². The predicted molar refractivity (Wildman–Crippen MR) is 144 cm³/mol. The van der Waals surface area contributed by atoms with Crippen molar-refractivity contribution in [1.29, 1.82) is 0 Å². The Kier molecular flexibility index (Phi) is 10.2. The SMILES string of the molecule is C[C@H](OC(=O)c1ccc([N+](=O)[O-])cc1)c1cccc(=O)o1.C[C@H](OC(=O)c1ccc([N+](=O)[O-])cc1)c1cccc(=O)o1. The predicted octanol–water partition coefficient (Wildman–Crippen LogP) is 4.93. The van der Waals surface area contributed by atoms with Gasteiger partial charge in [-0.1, -0.05) is 12.1 Å². The van der Waals surface area contributed by atoms with Crippen LogP contribution in [0.5, 0.6) is 0 Å². The van der Waals surface area contributed by atoms with Crippen LogP contribution in [0.4, 0.5) is 11.4 Å². The third kappa shape index (κ3) is 8.54. The van der Waals surface area contributed by atoms with Crippen LogP contribution in [-0.4, -0.2) is 21.8 Å². The molecular formula is C28H22N2O12. The maximum Gasteiger partial charge on any atom is 0.338 e. The van der Waals surface area contributed by atoms with Crippen LogP contribution in [0.1, 0.15) is 58.3 Å². The molecule has 2 aromatic heterocycles. The van der Waals surface area contributed by atoms with E-state index in [1.807, 2.05) is 0 Å². The second-order valence-corrected chi connectivity index (χ2v) is 8.40. The minimum Gasteiger partial charge on any atom is -0.451 e. The zero-order valence-corrected chi connectivity index (χ0v) is 22.0. The van der Waals surface area contributed by atoms with Crippen LogP contribution in [0.25, 0.3) is 0 Å². The monoisotopic (exact) mass is 578 g/mol. The molecule has 2 aromatic carbocycles. The number of carbonyl (C=O) groups is 2. The molecule has 2 atom stereocenters. The number of hydrogen-bond donors (Lipinski definition) is 0. The molecule has 0 N–H and O–H groups in total. The smallest absolute Gasteiger partial charge is 0.338 e. The molecule has 216 valence electrons. The van der Waals surface area contributed by atoms with Gasteiger partial charge in [0.1, 0.15) is 11.5 Å². The Balaban J connectivity index is 0.000000230. The van der Waals surface area contributed by atoms with Crippen molar-refractivity contribution >= 4 is 23.3 Å². The molecule has 0 aliphatic heterocycles. The van der Waals surface area contributed by atoms with Crippen LogP contribution in [0, 0.1) is 20.2 Å². The average Bonchev–Trinajstić information content (AvgIpc) is 2.97. The first kappa shape index (κ1) is 30.6. The highest BCUT2D eigenvalue weighted by Gasteiger charge is 2.18. The summed E-state index contributed by atoms with van der Waals surface area (Å²) in [4.78, 5) is 65.9. The minimum absolute atomic E-state index is 0.117. The number of carbonyl (C=O) groups excluding carboxylic acids is 2. The summed E-state index contributed by atoms with van der Waals surface area (Å²) >= 11 is 0. The Bertz CT molecular complexity index is 1560. The number of nitro benzene ring substituents is 2. The first-order valence-corrected chi connectivity index (χ1v) is 12.1. The number of non-ortho nitro benzene ring substituents is 2. The van der Waals surface area contributed by atoms with Crippen molar-refractivity contribution < 1.29 is 37.7 Å². The molecule has 4 aromatic rings. The number of rotatable bonds is 8. The van der Waals surface area contributed by atoms with Crippen molar-refractivity contribution in [3.05, 3.63) is 149 Å². The molecular weight excluding hydrogens is 556 g/mol. The van der Waals surface area contributed by atoms with Gasteiger partial charge in [-0.2, -0.15) is 0 Å². The Morgan fingerprint density at radius 1 is 0.619 bits per heavy atom. The molecule has 0 radical (unpaired) electrons. The van der Waals surface area contributed by atoms with Gasteiger partial charge in [0.15, 0.2) is 12.2 Å².